The molecule has 1 heterocycles. The Kier molecular flexibility index (Phi) is 5.34. The zero-order chi connectivity index (χ0) is 19.6. The van der Waals surface area contributed by atoms with Crippen LogP contribution in [0.3, 0.4) is 0 Å². The molecule has 2 aromatic rings. The van der Waals surface area contributed by atoms with Crippen molar-refractivity contribution in [3.63, 3.8) is 0 Å². The van der Waals surface area contributed by atoms with Crippen LogP contribution < -0.4 is 5.56 Å². The lowest BCUT2D eigenvalue weighted by Gasteiger charge is -2.20. The van der Waals surface area contributed by atoms with Crippen molar-refractivity contribution in [1.82, 2.24) is 9.78 Å². The van der Waals surface area contributed by atoms with Crippen LogP contribution in [0.15, 0.2) is 41.2 Å². The van der Waals surface area contributed by atoms with Crippen molar-refractivity contribution < 1.29 is 23.1 Å². The van der Waals surface area contributed by atoms with Crippen molar-refractivity contribution >= 4 is 5.97 Å². The van der Waals surface area contributed by atoms with E-state index in [4.69, 9.17) is 0 Å². The summed E-state index contributed by atoms with van der Waals surface area (Å²) < 4.78 is 39.1. The van der Waals surface area contributed by atoms with Gasteiger partial charge in [-0.25, -0.2) is 4.68 Å². The lowest BCUT2D eigenvalue weighted by molar-refractivity contribution is -0.142. The predicted octanol–water partition coefficient (Wildman–Crippen LogP) is 3.67. The fourth-order valence-electron chi connectivity index (χ4n) is 3.62. The normalized spacial score (nSPS) is 16.4. The maximum absolute atomic E-state index is 12.8. The molecule has 1 saturated carbocycles. The number of benzene rings is 1. The molecule has 0 saturated heterocycles. The second kappa shape index (κ2) is 7.54. The largest absolute Gasteiger partial charge is 0.481 e. The molecule has 1 aromatic carbocycles. The maximum Gasteiger partial charge on any atom is 0.435 e. The molecule has 1 atom stereocenters. The van der Waals surface area contributed by atoms with Crippen LogP contribution in [0.25, 0.3) is 0 Å². The van der Waals surface area contributed by atoms with E-state index in [2.05, 4.69) is 5.10 Å². The molecular weight excluding hydrogens is 361 g/mol. The highest BCUT2D eigenvalue weighted by molar-refractivity contribution is 5.76. The van der Waals surface area contributed by atoms with E-state index in [0.29, 0.717) is 17.2 Å². The molecule has 1 fully saturated rings. The van der Waals surface area contributed by atoms with Crippen molar-refractivity contribution in [2.45, 2.75) is 44.3 Å². The monoisotopic (exact) mass is 380 g/mol. The number of halogens is 3. The highest BCUT2D eigenvalue weighted by Crippen LogP contribution is 2.37. The highest BCUT2D eigenvalue weighted by Gasteiger charge is 2.33. The zero-order valence-electron chi connectivity index (χ0n) is 14.4. The number of aliphatic carboxylic acids is 1. The minimum atomic E-state index is -4.63. The van der Waals surface area contributed by atoms with Gasteiger partial charge in [-0.05, 0) is 36.0 Å². The van der Waals surface area contributed by atoms with Crippen LogP contribution in [0.5, 0.6) is 0 Å². The van der Waals surface area contributed by atoms with E-state index in [1.54, 1.807) is 24.3 Å². The summed E-state index contributed by atoms with van der Waals surface area (Å²) in [5.41, 5.74) is -0.530. The topological polar surface area (TPSA) is 72.2 Å². The quantitative estimate of drug-likeness (QED) is 0.859. The first-order valence-electron chi connectivity index (χ1n) is 8.73. The van der Waals surface area contributed by atoms with Crippen LogP contribution in [0.4, 0.5) is 13.2 Å². The number of carboxylic acids is 1. The van der Waals surface area contributed by atoms with Crippen LogP contribution in [-0.2, 0) is 17.5 Å². The van der Waals surface area contributed by atoms with Crippen molar-refractivity contribution in [2.75, 3.05) is 0 Å². The second-order valence-electron chi connectivity index (χ2n) is 6.81. The minimum absolute atomic E-state index is 0.0982. The van der Waals surface area contributed by atoms with Gasteiger partial charge in [0.2, 0.25) is 0 Å². The van der Waals surface area contributed by atoms with Gasteiger partial charge in [0.05, 0.1) is 12.5 Å². The molecule has 27 heavy (non-hydrogen) atoms. The molecule has 0 radical (unpaired) electrons. The summed E-state index contributed by atoms with van der Waals surface area (Å²) in [5, 5.41) is 12.9. The molecule has 0 aliphatic heterocycles. The van der Waals surface area contributed by atoms with Crippen LogP contribution >= 0.6 is 0 Å². The van der Waals surface area contributed by atoms with Crippen molar-refractivity contribution in [1.29, 1.82) is 0 Å². The standard InChI is InChI=1S/C19H19F3N2O3/c20-19(21,22)15-9-10-16(25)24(23-15)11-12-5-7-14(8-6-12)17(18(26)27)13-3-1-2-4-13/h5-10,13,17H,1-4,11H2,(H,26,27). The fraction of sp³-hybridized carbons (Fsp3) is 0.421. The van der Waals surface area contributed by atoms with E-state index in [1.807, 2.05) is 0 Å². The summed E-state index contributed by atoms with van der Waals surface area (Å²) >= 11 is 0. The summed E-state index contributed by atoms with van der Waals surface area (Å²) in [6.07, 6.45) is -0.826. The van der Waals surface area contributed by atoms with Gasteiger partial charge in [-0.2, -0.15) is 18.3 Å². The number of aromatic nitrogens is 2. The number of hydrogen-bond acceptors (Lipinski definition) is 3. The minimum Gasteiger partial charge on any atom is -0.481 e. The fourth-order valence-corrected chi connectivity index (χ4v) is 3.62. The van der Waals surface area contributed by atoms with E-state index in [-0.39, 0.29) is 12.5 Å². The van der Waals surface area contributed by atoms with Gasteiger partial charge in [0.25, 0.3) is 5.56 Å². The first-order chi connectivity index (χ1) is 12.8. The number of alkyl halides is 3. The van der Waals surface area contributed by atoms with Gasteiger partial charge >= 0.3 is 12.1 Å². The SMILES string of the molecule is O=C(O)C(c1ccc(Cn2nc(C(F)(F)F)ccc2=O)cc1)C1CCCC1. The Labute approximate surface area is 153 Å². The van der Waals surface area contributed by atoms with E-state index in [0.717, 1.165) is 36.4 Å². The highest BCUT2D eigenvalue weighted by atomic mass is 19.4. The predicted molar refractivity (Wildman–Crippen MR) is 91.4 cm³/mol. The molecule has 0 spiro atoms. The summed E-state index contributed by atoms with van der Waals surface area (Å²) in [4.78, 5) is 23.5. The summed E-state index contributed by atoms with van der Waals surface area (Å²) in [7, 11) is 0. The van der Waals surface area contributed by atoms with E-state index >= 15 is 0 Å². The number of hydrogen-bond donors (Lipinski definition) is 1. The Bertz CT molecular complexity index is 869. The molecule has 5 nitrogen and oxygen atoms in total. The summed E-state index contributed by atoms with van der Waals surface area (Å²) in [6.45, 7) is -0.121. The molecule has 0 bridgehead atoms. The third kappa shape index (κ3) is 4.37. The average molecular weight is 380 g/mol. The van der Waals surface area contributed by atoms with Crippen molar-refractivity contribution in [3.05, 3.63) is 63.6 Å². The van der Waals surface area contributed by atoms with E-state index < -0.39 is 29.3 Å². The molecule has 1 aliphatic carbocycles. The van der Waals surface area contributed by atoms with Gasteiger partial charge in [-0.1, -0.05) is 37.1 Å². The second-order valence-corrected chi connectivity index (χ2v) is 6.81. The first-order valence-corrected chi connectivity index (χ1v) is 8.73. The average Bonchev–Trinajstić information content (AvgIpc) is 3.11. The Morgan fingerprint density at radius 1 is 1.15 bits per heavy atom. The molecule has 3 rings (SSSR count). The molecule has 1 aromatic heterocycles. The Morgan fingerprint density at radius 3 is 2.33 bits per heavy atom. The Hall–Kier alpha value is -2.64. The van der Waals surface area contributed by atoms with Gasteiger partial charge in [-0.3, -0.25) is 9.59 Å². The van der Waals surface area contributed by atoms with Crippen LogP contribution in [0.2, 0.25) is 0 Å². The third-order valence-electron chi connectivity index (χ3n) is 4.97. The number of carboxylic acid groups (broad SMARTS) is 1. The van der Waals surface area contributed by atoms with Gasteiger partial charge in [0, 0.05) is 6.07 Å². The molecule has 0 amide bonds. The third-order valence-corrected chi connectivity index (χ3v) is 4.97. The molecular formula is C19H19F3N2O3. The molecule has 1 unspecified atom stereocenters. The molecule has 144 valence electrons. The van der Waals surface area contributed by atoms with E-state index in [9.17, 15) is 27.9 Å². The lowest BCUT2D eigenvalue weighted by atomic mass is 9.84. The van der Waals surface area contributed by atoms with Crippen LogP contribution in [0, 0.1) is 5.92 Å². The van der Waals surface area contributed by atoms with Gasteiger partial charge < -0.3 is 5.11 Å². The Balaban J connectivity index is 1.82. The molecule has 8 heteroatoms. The molecule has 1 aliphatic rings. The van der Waals surface area contributed by atoms with Crippen LogP contribution in [0.1, 0.15) is 48.4 Å². The molecule has 1 N–H and O–H groups in total. The summed E-state index contributed by atoms with van der Waals surface area (Å²) in [6, 6.07) is 8.10. The van der Waals surface area contributed by atoms with Crippen molar-refractivity contribution in [2.24, 2.45) is 5.92 Å². The number of nitrogens with zero attached hydrogens (tertiary/aromatic N) is 2. The maximum atomic E-state index is 12.8. The van der Waals surface area contributed by atoms with Gasteiger partial charge in [-0.15, -0.1) is 0 Å². The zero-order valence-corrected chi connectivity index (χ0v) is 14.4. The summed E-state index contributed by atoms with van der Waals surface area (Å²) in [5.74, 6) is -1.36. The first kappa shape index (κ1) is 19.1. The Morgan fingerprint density at radius 2 is 1.78 bits per heavy atom. The van der Waals surface area contributed by atoms with Crippen molar-refractivity contribution in [3.8, 4) is 0 Å². The van der Waals surface area contributed by atoms with Gasteiger partial charge in [0.15, 0.2) is 5.69 Å². The van der Waals surface area contributed by atoms with E-state index in [1.165, 1.54) is 0 Å². The van der Waals surface area contributed by atoms with Crippen LogP contribution in [-0.4, -0.2) is 20.9 Å². The number of rotatable bonds is 5. The lowest BCUT2D eigenvalue weighted by Crippen LogP contribution is -2.26. The van der Waals surface area contributed by atoms with Gasteiger partial charge in [0.1, 0.15) is 0 Å². The number of carbonyl (C=O) groups is 1. The smallest absolute Gasteiger partial charge is 0.435 e.